The minimum atomic E-state index is -2.91. The van der Waals surface area contributed by atoms with Gasteiger partial charge in [0.15, 0.2) is 0 Å². The van der Waals surface area contributed by atoms with Gasteiger partial charge in [-0.3, -0.25) is 0 Å². The van der Waals surface area contributed by atoms with E-state index in [1.165, 1.54) is 12.1 Å². The van der Waals surface area contributed by atoms with Gasteiger partial charge in [0.2, 0.25) is 11.9 Å². The highest BCUT2D eigenvalue weighted by Crippen LogP contribution is 2.29. The smallest absolute Gasteiger partial charge is 0.323 e. The van der Waals surface area contributed by atoms with Gasteiger partial charge in [0.25, 0.3) is 5.92 Å². The summed E-state index contributed by atoms with van der Waals surface area (Å²) in [6.45, 7) is 4.91. The van der Waals surface area contributed by atoms with E-state index < -0.39 is 5.92 Å². The van der Waals surface area contributed by atoms with Crippen LogP contribution in [-0.4, -0.2) is 34.6 Å². The Hall–Kier alpha value is -2.51. The van der Waals surface area contributed by atoms with E-state index in [1.54, 1.807) is 12.1 Å². The summed E-state index contributed by atoms with van der Waals surface area (Å²) in [6, 6.07) is 6.26. The second-order valence-electron chi connectivity index (χ2n) is 5.96. The fourth-order valence-corrected chi connectivity index (χ4v) is 2.65. The zero-order valence-corrected chi connectivity index (χ0v) is 14.3. The first-order valence-electron chi connectivity index (χ1n) is 8.35. The lowest BCUT2D eigenvalue weighted by molar-refractivity contribution is 0.0175. The van der Waals surface area contributed by atoms with Crippen molar-refractivity contribution >= 4 is 17.6 Å². The first-order chi connectivity index (χ1) is 12.0. The van der Waals surface area contributed by atoms with Gasteiger partial charge in [0.05, 0.1) is 6.61 Å². The van der Waals surface area contributed by atoms with Crippen molar-refractivity contribution in [3.8, 4) is 6.01 Å². The summed E-state index contributed by atoms with van der Waals surface area (Å²) in [5.41, 5.74) is 0.413. The van der Waals surface area contributed by atoms with Crippen LogP contribution in [0.25, 0.3) is 0 Å². The fraction of sp³-hybridized carbons (Fsp3) is 0.471. The molecule has 134 valence electrons. The summed E-state index contributed by atoms with van der Waals surface area (Å²) in [5.74, 6) is -2.10. The van der Waals surface area contributed by atoms with Crippen LogP contribution in [0.15, 0.2) is 24.3 Å². The van der Waals surface area contributed by atoms with Crippen LogP contribution in [-0.2, 0) is 5.92 Å². The molecule has 0 bridgehead atoms. The Labute approximate surface area is 145 Å². The van der Waals surface area contributed by atoms with E-state index in [9.17, 15) is 8.78 Å². The molecule has 0 radical (unpaired) electrons. The van der Waals surface area contributed by atoms with Crippen LogP contribution in [0.4, 0.5) is 26.4 Å². The van der Waals surface area contributed by atoms with Crippen molar-refractivity contribution in [2.45, 2.75) is 32.6 Å². The molecular weight excluding hydrogens is 328 g/mol. The number of nitrogens with one attached hydrogen (secondary N) is 1. The zero-order valence-electron chi connectivity index (χ0n) is 14.3. The number of aromatic nitrogens is 3. The number of hydrogen-bond donors (Lipinski definition) is 1. The lowest BCUT2D eigenvalue weighted by Gasteiger charge is -2.17. The molecule has 1 aromatic heterocycles. The van der Waals surface area contributed by atoms with Gasteiger partial charge in [-0.1, -0.05) is 12.1 Å². The summed E-state index contributed by atoms with van der Waals surface area (Å²) < 4.78 is 32.4. The average molecular weight is 349 g/mol. The number of anilines is 3. The minimum absolute atomic E-state index is 0.0728. The molecule has 2 heterocycles. The van der Waals surface area contributed by atoms with Crippen LogP contribution in [0.5, 0.6) is 6.01 Å². The largest absolute Gasteiger partial charge is 0.464 e. The maximum atomic E-state index is 13.5. The lowest BCUT2D eigenvalue weighted by Crippen LogP contribution is -2.21. The number of halogens is 2. The maximum Gasteiger partial charge on any atom is 0.323 e. The molecule has 0 unspecified atom stereocenters. The first-order valence-corrected chi connectivity index (χ1v) is 8.35. The first kappa shape index (κ1) is 17.3. The molecule has 0 atom stereocenters. The zero-order chi connectivity index (χ0) is 17.9. The second-order valence-corrected chi connectivity index (χ2v) is 5.96. The summed E-state index contributed by atoms with van der Waals surface area (Å²) in [6.07, 6.45) is 2.18. The number of nitrogens with zero attached hydrogens (tertiary/aromatic N) is 4. The third kappa shape index (κ3) is 4.32. The predicted molar refractivity (Wildman–Crippen MR) is 91.7 cm³/mol. The van der Waals surface area contributed by atoms with Crippen molar-refractivity contribution in [3.63, 3.8) is 0 Å². The van der Waals surface area contributed by atoms with Gasteiger partial charge < -0.3 is 15.0 Å². The molecule has 6 nitrogen and oxygen atoms in total. The van der Waals surface area contributed by atoms with E-state index in [0.29, 0.717) is 18.2 Å². The summed E-state index contributed by atoms with van der Waals surface area (Å²) in [5, 5.41) is 2.98. The average Bonchev–Trinajstić information content (AvgIpc) is 3.09. The molecule has 1 aromatic carbocycles. The number of benzene rings is 1. The van der Waals surface area contributed by atoms with Crippen molar-refractivity contribution in [2.75, 3.05) is 29.9 Å². The van der Waals surface area contributed by atoms with E-state index in [-0.39, 0.29) is 17.5 Å². The topological polar surface area (TPSA) is 63.2 Å². The van der Waals surface area contributed by atoms with Gasteiger partial charge in [0, 0.05) is 31.3 Å². The van der Waals surface area contributed by atoms with E-state index in [0.717, 1.165) is 32.9 Å². The Balaban J connectivity index is 1.88. The van der Waals surface area contributed by atoms with Gasteiger partial charge in [-0.25, -0.2) is 8.78 Å². The minimum Gasteiger partial charge on any atom is -0.464 e. The molecule has 0 amide bonds. The van der Waals surface area contributed by atoms with Crippen LogP contribution in [0.2, 0.25) is 0 Å². The van der Waals surface area contributed by atoms with Gasteiger partial charge in [-0.05, 0) is 31.9 Å². The monoisotopic (exact) mass is 349 g/mol. The molecular formula is C17H21F2N5O. The van der Waals surface area contributed by atoms with Crippen LogP contribution in [0.1, 0.15) is 32.3 Å². The number of ether oxygens (including phenoxy) is 1. The van der Waals surface area contributed by atoms with E-state index >= 15 is 0 Å². The van der Waals surface area contributed by atoms with Crippen molar-refractivity contribution in [2.24, 2.45) is 0 Å². The molecule has 1 N–H and O–H groups in total. The standard InChI is InChI=1S/C17H21F2N5O/c1-3-25-16-22-14(21-15(23-16)24-9-4-5-10-24)20-13-8-6-7-12(11-13)17(2,18)19/h6-8,11H,3-5,9-10H2,1-2H3,(H,20,21,22,23). The Morgan fingerprint density at radius 3 is 2.64 bits per heavy atom. The number of hydrogen-bond acceptors (Lipinski definition) is 6. The second kappa shape index (κ2) is 7.16. The molecule has 1 saturated heterocycles. The molecule has 8 heteroatoms. The third-order valence-electron chi connectivity index (χ3n) is 3.89. The normalized spacial score (nSPS) is 14.6. The van der Waals surface area contributed by atoms with Gasteiger partial charge >= 0.3 is 6.01 Å². The SMILES string of the molecule is CCOc1nc(Nc2cccc(C(C)(F)F)c2)nc(N2CCCC2)n1. The summed E-state index contributed by atoms with van der Waals surface area (Å²) in [4.78, 5) is 15.0. The van der Waals surface area contributed by atoms with E-state index in [4.69, 9.17) is 4.74 Å². The number of alkyl halides is 2. The highest BCUT2D eigenvalue weighted by molar-refractivity contribution is 5.56. The molecule has 1 aliphatic rings. The Morgan fingerprint density at radius 2 is 1.96 bits per heavy atom. The lowest BCUT2D eigenvalue weighted by atomic mass is 10.1. The van der Waals surface area contributed by atoms with Crippen molar-refractivity contribution in [3.05, 3.63) is 29.8 Å². The van der Waals surface area contributed by atoms with Crippen molar-refractivity contribution in [1.82, 2.24) is 15.0 Å². The molecule has 1 fully saturated rings. The van der Waals surface area contributed by atoms with Gasteiger partial charge in [0.1, 0.15) is 0 Å². The van der Waals surface area contributed by atoms with Crippen molar-refractivity contribution in [1.29, 1.82) is 0 Å². The number of rotatable bonds is 6. The Kier molecular flexibility index (Phi) is 4.96. The summed E-state index contributed by atoms with van der Waals surface area (Å²) >= 11 is 0. The highest BCUT2D eigenvalue weighted by atomic mass is 19.3. The highest BCUT2D eigenvalue weighted by Gasteiger charge is 2.24. The molecule has 1 aliphatic heterocycles. The Morgan fingerprint density at radius 1 is 1.20 bits per heavy atom. The summed E-state index contributed by atoms with van der Waals surface area (Å²) in [7, 11) is 0. The van der Waals surface area contributed by atoms with E-state index in [2.05, 4.69) is 25.2 Å². The van der Waals surface area contributed by atoms with Crippen LogP contribution < -0.4 is 15.0 Å². The van der Waals surface area contributed by atoms with Crippen LogP contribution in [0.3, 0.4) is 0 Å². The van der Waals surface area contributed by atoms with Crippen LogP contribution >= 0.6 is 0 Å². The predicted octanol–water partition coefficient (Wildman–Crippen LogP) is 3.73. The molecule has 0 saturated carbocycles. The molecule has 0 aliphatic carbocycles. The van der Waals surface area contributed by atoms with Crippen molar-refractivity contribution < 1.29 is 13.5 Å². The maximum absolute atomic E-state index is 13.5. The quantitative estimate of drug-likeness (QED) is 0.857. The molecule has 3 rings (SSSR count). The third-order valence-corrected chi connectivity index (χ3v) is 3.89. The Bertz CT molecular complexity index is 729. The van der Waals surface area contributed by atoms with Crippen LogP contribution in [0, 0.1) is 0 Å². The molecule has 2 aromatic rings. The van der Waals surface area contributed by atoms with Gasteiger partial charge in [-0.2, -0.15) is 15.0 Å². The van der Waals surface area contributed by atoms with E-state index in [1.807, 2.05) is 6.92 Å². The molecule has 0 spiro atoms. The van der Waals surface area contributed by atoms with Gasteiger partial charge in [-0.15, -0.1) is 0 Å². The molecule has 25 heavy (non-hydrogen) atoms. The fourth-order valence-electron chi connectivity index (χ4n) is 2.65.